The summed E-state index contributed by atoms with van der Waals surface area (Å²) in [5.74, 6) is -0.102. The van der Waals surface area contributed by atoms with Crippen LogP contribution in [-0.2, 0) is 11.2 Å². The highest BCUT2D eigenvalue weighted by atomic mass is 79.9. The lowest BCUT2D eigenvalue weighted by molar-refractivity contribution is -0.137. The summed E-state index contributed by atoms with van der Waals surface area (Å²) in [6.07, 6.45) is 2.98. The van der Waals surface area contributed by atoms with Crippen LogP contribution in [0, 0.1) is 11.3 Å². The molecule has 92 valence electrons. The number of aryl methyl sites for hydroxylation is 1. The highest BCUT2D eigenvalue weighted by Crippen LogP contribution is 2.19. The monoisotopic (exact) mass is 307 g/mol. The number of fused-ring (bicyclic) bond motifs is 1. The lowest BCUT2D eigenvalue weighted by atomic mass is 10.2. The summed E-state index contributed by atoms with van der Waals surface area (Å²) in [7, 11) is 0. The molecule has 2 heterocycles. The average Bonchev–Trinajstić information content (AvgIpc) is 2.66. The molecule has 0 unspecified atom stereocenters. The Labute approximate surface area is 112 Å². The fourth-order valence-electron chi connectivity index (χ4n) is 1.78. The first kappa shape index (κ1) is 12.6. The third-order valence-electron chi connectivity index (χ3n) is 2.58. The van der Waals surface area contributed by atoms with Crippen molar-refractivity contribution in [3.05, 3.63) is 34.3 Å². The minimum atomic E-state index is -0.820. The highest BCUT2D eigenvalue weighted by Gasteiger charge is 2.11. The Bertz CT molecular complexity index is 643. The number of nitriles is 1. The number of hydrogen-bond donors (Lipinski definition) is 1. The van der Waals surface area contributed by atoms with Gasteiger partial charge in [0.2, 0.25) is 0 Å². The van der Waals surface area contributed by atoms with E-state index in [4.69, 9.17) is 10.4 Å². The van der Waals surface area contributed by atoms with Crippen molar-refractivity contribution in [3.8, 4) is 6.07 Å². The van der Waals surface area contributed by atoms with Gasteiger partial charge in [-0.15, -0.1) is 0 Å². The zero-order valence-electron chi connectivity index (χ0n) is 9.43. The zero-order chi connectivity index (χ0) is 13.1. The molecule has 18 heavy (non-hydrogen) atoms. The van der Waals surface area contributed by atoms with Crippen LogP contribution in [0.1, 0.15) is 24.4 Å². The number of imidazole rings is 1. The molecule has 0 radical (unpaired) electrons. The molecule has 0 atom stereocenters. The van der Waals surface area contributed by atoms with E-state index in [1.54, 1.807) is 0 Å². The normalized spacial score (nSPS) is 10.4. The lowest BCUT2D eigenvalue weighted by Gasteiger charge is -2.00. The summed E-state index contributed by atoms with van der Waals surface area (Å²) in [4.78, 5) is 14.7. The van der Waals surface area contributed by atoms with Crippen LogP contribution in [0.3, 0.4) is 0 Å². The number of nitrogens with zero attached hydrogens (tertiary/aromatic N) is 3. The Morgan fingerprint density at radius 3 is 3.06 bits per heavy atom. The minimum absolute atomic E-state index is 0.104. The molecule has 1 N–H and O–H groups in total. The van der Waals surface area contributed by atoms with Gasteiger partial charge in [-0.3, -0.25) is 4.79 Å². The van der Waals surface area contributed by atoms with E-state index in [9.17, 15) is 4.79 Å². The number of carboxylic acid groups (broad SMARTS) is 1. The van der Waals surface area contributed by atoms with Crippen molar-refractivity contribution in [1.29, 1.82) is 5.26 Å². The standard InChI is InChI=1S/C12H10BrN3O2/c13-8-4-5-16-10(6-8)9(7-14)15-11(16)2-1-3-12(17)18/h4-6H,1-3H2,(H,17,18). The molecular weight excluding hydrogens is 298 g/mol. The van der Waals surface area contributed by atoms with Gasteiger partial charge in [-0.2, -0.15) is 5.26 Å². The number of aromatic nitrogens is 2. The molecule has 0 bridgehead atoms. The summed E-state index contributed by atoms with van der Waals surface area (Å²) in [5.41, 5.74) is 1.10. The molecule has 0 saturated heterocycles. The lowest BCUT2D eigenvalue weighted by Crippen LogP contribution is -1.99. The van der Waals surface area contributed by atoms with Crippen molar-refractivity contribution in [3.63, 3.8) is 0 Å². The van der Waals surface area contributed by atoms with Crippen molar-refractivity contribution >= 4 is 27.4 Å². The van der Waals surface area contributed by atoms with Gasteiger partial charge in [-0.05, 0) is 18.6 Å². The van der Waals surface area contributed by atoms with Crippen molar-refractivity contribution < 1.29 is 9.90 Å². The van der Waals surface area contributed by atoms with Crippen molar-refractivity contribution in [2.75, 3.05) is 0 Å². The van der Waals surface area contributed by atoms with Crippen molar-refractivity contribution in [2.45, 2.75) is 19.3 Å². The molecule has 2 rings (SSSR count). The van der Waals surface area contributed by atoms with Crippen LogP contribution in [0.4, 0.5) is 0 Å². The highest BCUT2D eigenvalue weighted by molar-refractivity contribution is 9.10. The fourth-order valence-corrected chi connectivity index (χ4v) is 2.11. The molecule has 0 aliphatic rings. The first-order valence-electron chi connectivity index (χ1n) is 5.40. The van der Waals surface area contributed by atoms with Gasteiger partial charge < -0.3 is 9.51 Å². The molecule has 0 fully saturated rings. The van der Waals surface area contributed by atoms with E-state index in [1.165, 1.54) is 0 Å². The number of carbonyl (C=O) groups is 1. The van der Waals surface area contributed by atoms with Crippen LogP contribution >= 0.6 is 15.9 Å². The number of halogens is 1. The third kappa shape index (κ3) is 2.51. The molecule has 2 aromatic rings. The van der Waals surface area contributed by atoms with Crippen LogP contribution in [0.2, 0.25) is 0 Å². The van der Waals surface area contributed by atoms with Gasteiger partial charge in [0, 0.05) is 23.5 Å². The second kappa shape index (κ2) is 5.19. The maximum Gasteiger partial charge on any atom is 0.303 e. The van der Waals surface area contributed by atoms with Crippen molar-refractivity contribution in [1.82, 2.24) is 9.38 Å². The summed E-state index contributed by atoms with van der Waals surface area (Å²) >= 11 is 3.35. The molecular formula is C12H10BrN3O2. The van der Waals surface area contributed by atoms with Crippen LogP contribution in [-0.4, -0.2) is 20.5 Å². The quantitative estimate of drug-likeness (QED) is 0.940. The number of pyridine rings is 1. The van der Waals surface area contributed by atoms with E-state index < -0.39 is 5.97 Å². The SMILES string of the molecule is N#Cc1nc(CCCC(=O)O)n2ccc(Br)cc12. The fraction of sp³-hybridized carbons (Fsp3) is 0.250. The Morgan fingerprint density at radius 1 is 1.61 bits per heavy atom. The molecule has 0 saturated carbocycles. The Kier molecular flexibility index (Phi) is 3.63. The number of aliphatic carboxylic acids is 1. The minimum Gasteiger partial charge on any atom is -0.481 e. The van der Waals surface area contributed by atoms with Gasteiger partial charge in [0.1, 0.15) is 11.9 Å². The first-order chi connectivity index (χ1) is 8.61. The van der Waals surface area contributed by atoms with Crippen LogP contribution < -0.4 is 0 Å². The van der Waals surface area contributed by atoms with E-state index in [0.29, 0.717) is 18.5 Å². The van der Waals surface area contributed by atoms with Crippen molar-refractivity contribution in [2.24, 2.45) is 0 Å². The van der Waals surface area contributed by atoms with E-state index in [1.807, 2.05) is 28.8 Å². The average molecular weight is 308 g/mol. The van der Waals surface area contributed by atoms with Gasteiger partial charge >= 0.3 is 5.97 Å². The molecule has 0 aliphatic heterocycles. The largest absolute Gasteiger partial charge is 0.481 e. The molecule has 0 spiro atoms. The Morgan fingerprint density at radius 2 is 2.39 bits per heavy atom. The summed E-state index contributed by atoms with van der Waals surface area (Å²) < 4.78 is 2.70. The molecule has 0 aliphatic carbocycles. The molecule has 0 aromatic carbocycles. The number of rotatable bonds is 4. The topological polar surface area (TPSA) is 78.4 Å². The Hall–Kier alpha value is -1.87. The zero-order valence-corrected chi connectivity index (χ0v) is 11.0. The summed E-state index contributed by atoms with van der Waals surface area (Å²) in [5, 5.41) is 17.6. The number of carboxylic acids is 1. The van der Waals surface area contributed by atoms with Gasteiger partial charge in [-0.25, -0.2) is 4.98 Å². The third-order valence-corrected chi connectivity index (χ3v) is 3.07. The van der Waals surface area contributed by atoms with Crippen LogP contribution in [0.15, 0.2) is 22.8 Å². The second-order valence-electron chi connectivity index (χ2n) is 3.84. The van der Waals surface area contributed by atoms with E-state index >= 15 is 0 Å². The van der Waals surface area contributed by atoms with E-state index in [0.717, 1.165) is 15.8 Å². The smallest absolute Gasteiger partial charge is 0.303 e. The maximum absolute atomic E-state index is 10.5. The maximum atomic E-state index is 10.5. The van der Waals surface area contributed by atoms with Gasteiger partial charge in [0.25, 0.3) is 0 Å². The van der Waals surface area contributed by atoms with E-state index in [-0.39, 0.29) is 6.42 Å². The van der Waals surface area contributed by atoms with Crippen LogP contribution in [0.5, 0.6) is 0 Å². The number of hydrogen-bond acceptors (Lipinski definition) is 3. The summed E-state index contributed by atoms with van der Waals surface area (Å²) in [6.45, 7) is 0. The first-order valence-corrected chi connectivity index (χ1v) is 6.19. The Balaban J connectivity index is 2.34. The van der Waals surface area contributed by atoms with Gasteiger partial charge in [-0.1, -0.05) is 15.9 Å². The van der Waals surface area contributed by atoms with Gasteiger partial charge in [0.15, 0.2) is 5.69 Å². The van der Waals surface area contributed by atoms with E-state index in [2.05, 4.69) is 20.9 Å². The molecule has 0 amide bonds. The predicted octanol–water partition coefficient (Wildman–Crippen LogP) is 2.38. The predicted molar refractivity (Wildman–Crippen MR) is 68.2 cm³/mol. The summed E-state index contributed by atoms with van der Waals surface area (Å²) in [6, 6.07) is 5.73. The molecule has 5 nitrogen and oxygen atoms in total. The second-order valence-corrected chi connectivity index (χ2v) is 4.75. The molecule has 2 aromatic heterocycles. The van der Waals surface area contributed by atoms with Crippen LogP contribution in [0.25, 0.3) is 5.52 Å². The molecule has 6 heteroatoms. The van der Waals surface area contributed by atoms with Gasteiger partial charge in [0.05, 0.1) is 5.52 Å².